The Morgan fingerprint density at radius 2 is 1.73 bits per heavy atom. The van der Waals surface area contributed by atoms with Crippen molar-refractivity contribution in [1.82, 2.24) is 4.90 Å². The molecule has 218 valence electrons. The summed E-state index contributed by atoms with van der Waals surface area (Å²) in [6.45, 7) is 8.86. The van der Waals surface area contributed by atoms with Gasteiger partial charge in [0.15, 0.2) is 0 Å². The first kappa shape index (κ1) is 31.9. The summed E-state index contributed by atoms with van der Waals surface area (Å²) in [4.78, 5) is 40.0. The molecule has 0 bridgehead atoms. The number of halogens is 2. The van der Waals surface area contributed by atoms with Gasteiger partial charge in [0, 0.05) is 27.3 Å². The van der Waals surface area contributed by atoms with Crippen molar-refractivity contribution in [3.63, 3.8) is 0 Å². The van der Waals surface area contributed by atoms with Crippen molar-refractivity contribution in [2.45, 2.75) is 70.7 Å². The zero-order valence-electron chi connectivity index (χ0n) is 23.3. The van der Waals surface area contributed by atoms with E-state index in [2.05, 4.69) is 4.36 Å². The number of carbonyl (C=O) groups is 3. The lowest BCUT2D eigenvalue weighted by molar-refractivity contribution is -0.161. The van der Waals surface area contributed by atoms with Crippen LogP contribution in [0.5, 0.6) is 0 Å². The number of carbonyl (C=O) groups excluding carboxylic acids is 2. The molecule has 8 nitrogen and oxygen atoms in total. The lowest BCUT2D eigenvalue weighted by Crippen LogP contribution is -2.59. The van der Waals surface area contributed by atoms with Gasteiger partial charge in [0.05, 0.1) is 33.4 Å². The van der Waals surface area contributed by atoms with Crippen LogP contribution in [0, 0.1) is 11.3 Å². The molecule has 1 aliphatic heterocycles. The van der Waals surface area contributed by atoms with Crippen LogP contribution >= 0.6 is 23.2 Å². The molecule has 1 saturated heterocycles. The maximum atomic E-state index is 14.5. The minimum atomic E-state index is -3.19. The van der Waals surface area contributed by atoms with Crippen molar-refractivity contribution in [2.75, 3.05) is 5.75 Å². The molecule has 0 spiro atoms. The summed E-state index contributed by atoms with van der Waals surface area (Å²) in [5, 5.41) is 10.4. The summed E-state index contributed by atoms with van der Waals surface area (Å²) in [6, 6.07) is 12.2. The highest BCUT2D eigenvalue weighted by atomic mass is 35.5. The summed E-state index contributed by atoms with van der Waals surface area (Å²) >= 11 is 12.6. The predicted octanol–water partition coefficient (Wildman–Crippen LogP) is 6.51. The lowest BCUT2D eigenvalue weighted by atomic mass is 9.66. The number of rotatable bonds is 9. The normalized spacial score (nSPS) is 23.6. The van der Waals surface area contributed by atoms with Crippen molar-refractivity contribution in [3.05, 3.63) is 69.7 Å². The Kier molecular flexibility index (Phi) is 9.96. The number of amides is 3. The van der Waals surface area contributed by atoms with Gasteiger partial charge in [-0.1, -0.05) is 82.1 Å². The molecule has 3 rings (SSSR count). The maximum absolute atomic E-state index is 14.5. The van der Waals surface area contributed by atoms with Gasteiger partial charge in [-0.3, -0.25) is 9.59 Å². The first-order valence-corrected chi connectivity index (χ1v) is 15.7. The molecule has 3 N–H and O–H groups in total. The van der Waals surface area contributed by atoms with Gasteiger partial charge in [-0.2, -0.15) is 0 Å². The fourth-order valence-corrected chi connectivity index (χ4v) is 7.91. The van der Waals surface area contributed by atoms with Crippen molar-refractivity contribution >= 4 is 50.8 Å². The number of nitrogens with zero attached hydrogens (tertiary/aromatic N) is 2. The molecule has 11 heteroatoms. The van der Waals surface area contributed by atoms with Gasteiger partial charge in [0.25, 0.3) is 0 Å². The number of carboxylic acid groups (broad SMARTS) is 1. The summed E-state index contributed by atoms with van der Waals surface area (Å²) in [6.07, 6.45) is -0.138. The molecule has 5 atom stereocenters. The molecular formula is C29H37Cl2N3O5S. The van der Waals surface area contributed by atoms with Gasteiger partial charge in [-0.25, -0.2) is 9.00 Å². The molecule has 2 aromatic carbocycles. The second-order valence-corrected chi connectivity index (χ2v) is 15.1. The number of hydrogen-bond donors (Lipinski definition) is 2. The molecule has 3 amide bonds. The van der Waals surface area contributed by atoms with Crippen LogP contribution in [0.15, 0.2) is 52.9 Å². The van der Waals surface area contributed by atoms with Gasteiger partial charge in [0.2, 0.25) is 5.91 Å². The second kappa shape index (κ2) is 12.5. The highest BCUT2D eigenvalue weighted by Gasteiger charge is 2.53. The minimum absolute atomic E-state index is 0.105. The van der Waals surface area contributed by atoms with E-state index in [1.807, 2.05) is 44.2 Å². The third-order valence-corrected chi connectivity index (χ3v) is 10.9. The van der Waals surface area contributed by atoms with E-state index in [1.54, 1.807) is 43.9 Å². The number of urea groups is 1. The quantitative estimate of drug-likeness (QED) is 0.334. The third kappa shape index (κ3) is 6.98. The van der Waals surface area contributed by atoms with Crippen LogP contribution in [0.1, 0.15) is 70.5 Å². The zero-order chi connectivity index (χ0) is 30.0. The van der Waals surface area contributed by atoms with E-state index in [0.717, 1.165) is 11.1 Å². The lowest BCUT2D eigenvalue weighted by Gasteiger charge is -2.53. The molecule has 40 heavy (non-hydrogen) atoms. The van der Waals surface area contributed by atoms with Crippen LogP contribution in [-0.2, 0) is 19.3 Å². The van der Waals surface area contributed by atoms with E-state index in [1.165, 1.54) is 0 Å². The predicted molar refractivity (Wildman–Crippen MR) is 159 cm³/mol. The molecule has 1 fully saturated rings. The van der Waals surface area contributed by atoms with Crippen LogP contribution in [0.25, 0.3) is 0 Å². The van der Waals surface area contributed by atoms with Crippen LogP contribution < -0.4 is 5.73 Å². The number of aliphatic carboxylic acids is 1. The standard InChI is InChI=1S/C29H37Cl2N3O5S/c1-17(2)24(16-40(39,18(3)4)33-28(32)38)34-26(19-9-11-21(30)12-10-19)23(20-7-6-8-22(31)13-20)14-29(5,27(34)37)15-25(35)36/h6-13,17-18,23-24,26H,14-16H2,1-5H3,(H2,32,38)(H,35,36)/t23-,24-,26-,29-,40-/m1/s1. The van der Waals surface area contributed by atoms with Gasteiger partial charge >= 0.3 is 12.0 Å². The molecule has 0 aliphatic carbocycles. The van der Waals surface area contributed by atoms with Gasteiger partial charge < -0.3 is 15.7 Å². The largest absolute Gasteiger partial charge is 0.481 e. The molecule has 0 radical (unpaired) electrons. The summed E-state index contributed by atoms with van der Waals surface area (Å²) < 4.78 is 17.9. The number of primary amides is 1. The van der Waals surface area contributed by atoms with Crippen molar-refractivity contribution in [2.24, 2.45) is 21.4 Å². The minimum Gasteiger partial charge on any atom is -0.481 e. The summed E-state index contributed by atoms with van der Waals surface area (Å²) in [7, 11) is -3.19. The van der Waals surface area contributed by atoms with E-state index < -0.39 is 44.5 Å². The number of benzene rings is 2. The van der Waals surface area contributed by atoms with Crippen LogP contribution in [0.2, 0.25) is 10.0 Å². The average Bonchev–Trinajstić information content (AvgIpc) is 2.84. The molecule has 1 aliphatic rings. The molecule has 0 aromatic heterocycles. The summed E-state index contributed by atoms with van der Waals surface area (Å²) in [5.74, 6) is -2.15. The average molecular weight is 611 g/mol. The Labute approximate surface area is 246 Å². The second-order valence-electron chi connectivity index (χ2n) is 11.4. The Balaban J connectivity index is 2.34. The fraction of sp³-hybridized carbons (Fsp3) is 0.483. The zero-order valence-corrected chi connectivity index (χ0v) is 25.7. The maximum Gasteiger partial charge on any atom is 0.346 e. The molecule has 0 saturated carbocycles. The third-order valence-electron chi connectivity index (χ3n) is 7.65. The number of nitrogens with two attached hydrogens (primary N) is 1. The van der Waals surface area contributed by atoms with E-state index in [-0.39, 0.29) is 36.3 Å². The molecule has 2 aromatic rings. The SMILES string of the molecule is CC(C)[C@@H](C[S@](=O)(=NC(N)=O)C(C)C)N1C(=O)[C@@](C)(CC(=O)O)C[C@H](c2cccc(Cl)c2)[C@H]1c1ccc(Cl)cc1. The first-order valence-electron chi connectivity index (χ1n) is 13.2. The number of hydrogen-bond acceptors (Lipinski definition) is 4. The van der Waals surface area contributed by atoms with E-state index >= 15 is 0 Å². The summed E-state index contributed by atoms with van der Waals surface area (Å²) in [5.41, 5.74) is 5.72. The Morgan fingerprint density at radius 1 is 1.10 bits per heavy atom. The Bertz CT molecular complexity index is 1390. The monoisotopic (exact) mass is 609 g/mol. The molecule has 1 heterocycles. The fourth-order valence-electron chi connectivity index (χ4n) is 5.57. The van der Waals surface area contributed by atoms with Gasteiger partial charge in [-0.15, -0.1) is 4.36 Å². The molecular weight excluding hydrogens is 573 g/mol. The van der Waals surface area contributed by atoms with E-state index in [0.29, 0.717) is 10.0 Å². The van der Waals surface area contributed by atoms with Gasteiger partial charge in [-0.05, 0) is 47.7 Å². The number of likely N-dealkylation sites (tertiary alicyclic amines) is 1. The number of piperidine rings is 1. The smallest absolute Gasteiger partial charge is 0.346 e. The van der Waals surface area contributed by atoms with E-state index in [4.69, 9.17) is 28.9 Å². The highest BCUT2D eigenvalue weighted by Crippen LogP contribution is 2.52. The first-order chi connectivity index (χ1) is 18.6. The van der Waals surface area contributed by atoms with Crippen LogP contribution in [0.3, 0.4) is 0 Å². The van der Waals surface area contributed by atoms with Crippen molar-refractivity contribution in [3.8, 4) is 0 Å². The Hall–Kier alpha value is -2.62. The Morgan fingerprint density at radius 3 is 2.23 bits per heavy atom. The molecule has 0 unspecified atom stereocenters. The van der Waals surface area contributed by atoms with Crippen LogP contribution in [-0.4, -0.2) is 49.2 Å². The van der Waals surface area contributed by atoms with Crippen molar-refractivity contribution in [1.29, 1.82) is 0 Å². The highest BCUT2D eigenvalue weighted by molar-refractivity contribution is 7.94. The van der Waals surface area contributed by atoms with E-state index in [9.17, 15) is 23.7 Å². The number of carboxylic acids is 1. The van der Waals surface area contributed by atoms with Crippen LogP contribution in [0.4, 0.5) is 4.79 Å². The van der Waals surface area contributed by atoms with Gasteiger partial charge in [0.1, 0.15) is 0 Å². The topological polar surface area (TPSA) is 130 Å². The van der Waals surface area contributed by atoms with Crippen molar-refractivity contribution < 1.29 is 23.7 Å².